The Balaban J connectivity index is 1.69. The van der Waals surface area contributed by atoms with Crippen LogP contribution in [0, 0.1) is 18.3 Å². The largest absolute Gasteiger partial charge is 0.495 e. The molecule has 0 radical (unpaired) electrons. The summed E-state index contributed by atoms with van der Waals surface area (Å²) in [6, 6.07) is 20.8. The van der Waals surface area contributed by atoms with Crippen molar-refractivity contribution in [3.63, 3.8) is 0 Å². The summed E-state index contributed by atoms with van der Waals surface area (Å²) < 4.78 is 7.38. The number of hydrogen-bond donors (Lipinski definition) is 1. The van der Waals surface area contributed by atoms with Crippen LogP contribution in [0.1, 0.15) is 16.7 Å². The predicted octanol–water partition coefficient (Wildman–Crippen LogP) is 6.86. The molecule has 1 aromatic heterocycles. The van der Waals surface area contributed by atoms with Gasteiger partial charge in [-0.2, -0.15) is 5.26 Å². The van der Waals surface area contributed by atoms with E-state index in [4.69, 9.17) is 27.9 Å². The van der Waals surface area contributed by atoms with Crippen molar-refractivity contribution in [2.45, 2.75) is 13.5 Å². The lowest BCUT2D eigenvalue weighted by molar-refractivity contribution is -0.112. The Morgan fingerprint density at radius 3 is 2.65 bits per heavy atom. The number of benzene rings is 3. The van der Waals surface area contributed by atoms with E-state index in [1.807, 2.05) is 61.7 Å². The van der Waals surface area contributed by atoms with Crippen LogP contribution in [0.3, 0.4) is 0 Å². The fraction of sp³-hybridized carbons (Fsp3) is 0.111. The summed E-state index contributed by atoms with van der Waals surface area (Å²) in [6.07, 6.45) is 3.52. The summed E-state index contributed by atoms with van der Waals surface area (Å²) in [4.78, 5) is 12.9. The summed E-state index contributed by atoms with van der Waals surface area (Å²) in [5, 5.41) is 14.5. The number of carbonyl (C=O) groups is 1. The van der Waals surface area contributed by atoms with Crippen LogP contribution in [-0.4, -0.2) is 17.6 Å². The van der Waals surface area contributed by atoms with E-state index in [9.17, 15) is 10.1 Å². The lowest BCUT2D eigenvalue weighted by Gasteiger charge is -2.10. The van der Waals surface area contributed by atoms with Gasteiger partial charge < -0.3 is 14.6 Å². The van der Waals surface area contributed by atoms with Crippen LogP contribution < -0.4 is 10.1 Å². The van der Waals surface area contributed by atoms with Gasteiger partial charge in [0.25, 0.3) is 5.91 Å². The molecule has 1 amide bonds. The highest BCUT2D eigenvalue weighted by Crippen LogP contribution is 2.28. The van der Waals surface area contributed by atoms with Gasteiger partial charge in [-0.3, -0.25) is 4.79 Å². The molecule has 1 heterocycles. The van der Waals surface area contributed by atoms with E-state index >= 15 is 0 Å². The van der Waals surface area contributed by atoms with E-state index in [0.29, 0.717) is 28.0 Å². The molecule has 0 aliphatic rings. The maximum atomic E-state index is 12.9. The van der Waals surface area contributed by atoms with Gasteiger partial charge in [0.15, 0.2) is 0 Å². The van der Waals surface area contributed by atoms with Crippen LogP contribution in [0.5, 0.6) is 5.75 Å². The molecule has 0 aliphatic heterocycles. The Labute approximate surface area is 207 Å². The normalized spacial score (nSPS) is 11.3. The number of amides is 1. The Bertz CT molecular complexity index is 1460. The summed E-state index contributed by atoms with van der Waals surface area (Å²) >= 11 is 12.2. The molecular weight excluding hydrogens is 469 g/mol. The minimum absolute atomic E-state index is 0.0130. The molecule has 5 nitrogen and oxygen atoms in total. The molecule has 0 saturated carbocycles. The monoisotopic (exact) mass is 489 g/mol. The van der Waals surface area contributed by atoms with Crippen molar-refractivity contribution in [2.24, 2.45) is 0 Å². The summed E-state index contributed by atoms with van der Waals surface area (Å²) in [5.74, 6) is 0.0159. The SMILES string of the molecule is COc1ccc(C)cc1NC(=O)/C(C#N)=C/c1cn(Cc2ccc(Cl)c(Cl)c2)c2ccccc12. The van der Waals surface area contributed by atoms with Crippen LogP contribution in [-0.2, 0) is 11.3 Å². The third-order valence-corrected chi connectivity index (χ3v) is 6.16. The number of carbonyl (C=O) groups excluding carboxylic acids is 1. The zero-order chi connectivity index (χ0) is 24.2. The number of nitrogens with one attached hydrogen (secondary N) is 1. The maximum absolute atomic E-state index is 12.9. The molecule has 0 saturated heterocycles. The van der Waals surface area contributed by atoms with Gasteiger partial charge in [-0.25, -0.2) is 0 Å². The highest BCUT2D eigenvalue weighted by Gasteiger charge is 2.15. The molecule has 1 N–H and O–H groups in total. The van der Waals surface area contributed by atoms with E-state index in [-0.39, 0.29) is 5.57 Å². The van der Waals surface area contributed by atoms with Gasteiger partial charge in [-0.15, -0.1) is 0 Å². The predicted molar refractivity (Wildman–Crippen MR) is 137 cm³/mol. The molecule has 4 rings (SSSR count). The number of halogens is 2. The van der Waals surface area contributed by atoms with Crippen LogP contribution in [0.15, 0.2) is 72.4 Å². The topological polar surface area (TPSA) is 67.0 Å². The van der Waals surface area contributed by atoms with Gasteiger partial charge in [0.1, 0.15) is 17.4 Å². The number of nitrogens with zero attached hydrogens (tertiary/aromatic N) is 2. The number of para-hydroxylation sites is 1. The Hall–Kier alpha value is -3.72. The standard InChI is InChI=1S/C27H21Cl2N3O2/c1-17-7-10-26(34-2)24(11-17)31-27(33)19(14-30)13-20-16-32(25-6-4-3-5-21(20)25)15-18-8-9-22(28)23(29)12-18/h3-13,16H,15H2,1-2H3,(H,31,33)/b19-13+. The quantitative estimate of drug-likeness (QED) is 0.237. The fourth-order valence-corrected chi connectivity index (χ4v) is 4.09. The van der Waals surface area contributed by atoms with Crippen molar-refractivity contribution in [3.05, 3.63) is 99.2 Å². The third-order valence-electron chi connectivity index (χ3n) is 5.42. The van der Waals surface area contributed by atoms with E-state index in [1.54, 1.807) is 24.3 Å². The van der Waals surface area contributed by atoms with Gasteiger partial charge in [-0.1, -0.05) is 53.5 Å². The van der Waals surface area contributed by atoms with Crippen molar-refractivity contribution >= 4 is 51.8 Å². The average molecular weight is 490 g/mol. The molecule has 0 unspecified atom stereocenters. The minimum atomic E-state index is -0.507. The van der Waals surface area contributed by atoms with Crippen LogP contribution in [0.25, 0.3) is 17.0 Å². The number of aryl methyl sites for hydroxylation is 1. The van der Waals surface area contributed by atoms with Gasteiger partial charge in [0.2, 0.25) is 0 Å². The molecule has 7 heteroatoms. The zero-order valence-corrected chi connectivity index (χ0v) is 20.1. The van der Waals surface area contributed by atoms with Crippen LogP contribution >= 0.6 is 23.2 Å². The third kappa shape index (κ3) is 4.94. The Kier molecular flexibility index (Phi) is 6.93. The van der Waals surface area contributed by atoms with Crippen molar-refractivity contribution in [1.29, 1.82) is 5.26 Å². The lowest BCUT2D eigenvalue weighted by Crippen LogP contribution is -2.14. The van der Waals surface area contributed by atoms with Crippen molar-refractivity contribution in [3.8, 4) is 11.8 Å². The Morgan fingerprint density at radius 1 is 1.12 bits per heavy atom. The van der Waals surface area contributed by atoms with Crippen molar-refractivity contribution < 1.29 is 9.53 Å². The first kappa shape index (κ1) is 23.4. The number of methoxy groups -OCH3 is 1. The highest BCUT2D eigenvalue weighted by atomic mass is 35.5. The first-order valence-corrected chi connectivity index (χ1v) is 11.2. The first-order chi connectivity index (χ1) is 16.4. The number of rotatable bonds is 6. The molecule has 0 spiro atoms. The van der Waals surface area contributed by atoms with Gasteiger partial charge in [-0.05, 0) is 54.5 Å². The minimum Gasteiger partial charge on any atom is -0.495 e. The first-order valence-electron chi connectivity index (χ1n) is 10.5. The smallest absolute Gasteiger partial charge is 0.266 e. The molecule has 0 fully saturated rings. The zero-order valence-electron chi connectivity index (χ0n) is 18.6. The molecule has 0 aliphatic carbocycles. The average Bonchev–Trinajstić information content (AvgIpc) is 3.17. The number of hydrogen-bond acceptors (Lipinski definition) is 3. The number of anilines is 1. The molecule has 0 atom stereocenters. The molecule has 4 aromatic rings. The van der Waals surface area contributed by atoms with E-state index in [2.05, 4.69) is 9.88 Å². The lowest BCUT2D eigenvalue weighted by atomic mass is 10.1. The summed E-state index contributed by atoms with van der Waals surface area (Å²) in [7, 11) is 1.53. The second-order valence-electron chi connectivity index (χ2n) is 7.81. The molecule has 34 heavy (non-hydrogen) atoms. The number of nitriles is 1. The highest BCUT2D eigenvalue weighted by molar-refractivity contribution is 6.42. The molecule has 0 bridgehead atoms. The fourth-order valence-electron chi connectivity index (χ4n) is 3.77. The number of aromatic nitrogens is 1. The van der Waals surface area contributed by atoms with E-state index in [1.165, 1.54) is 7.11 Å². The Morgan fingerprint density at radius 2 is 1.91 bits per heavy atom. The molecular formula is C27H21Cl2N3O2. The van der Waals surface area contributed by atoms with Gasteiger partial charge in [0, 0.05) is 29.2 Å². The molecule has 170 valence electrons. The van der Waals surface area contributed by atoms with E-state index < -0.39 is 5.91 Å². The second-order valence-corrected chi connectivity index (χ2v) is 8.62. The second kappa shape index (κ2) is 10.0. The van der Waals surface area contributed by atoms with Crippen LogP contribution in [0.4, 0.5) is 5.69 Å². The summed E-state index contributed by atoms with van der Waals surface area (Å²) in [6.45, 7) is 2.47. The maximum Gasteiger partial charge on any atom is 0.266 e. The summed E-state index contributed by atoms with van der Waals surface area (Å²) in [5.41, 5.74) is 4.17. The van der Waals surface area contributed by atoms with Crippen molar-refractivity contribution in [2.75, 3.05) is 12.4 Å². The van der Waals surface area contributed by atoms with E-state index in [0.717, 1.165) is 27.6 Å². The van der Waals surface area contributed by atoms with Crippen molar-refractivity contribution in [1.82, 2.24) is 4.57 Å². The van der Waals surface area contributed by atoms with Gasteiger partial charge in [0.05, 0.1) is 22.8 Å². The molecule has 3 aromatic carbocycles. The van der Waals surface area contributed by atoms with Crippen LogP contribution in [0.2, 0.25) is 10.0 Å². The number of ether oxygens (including phenoxy) is 1. The van der Waals surface area contributed by atoms with Gasteiger partial charge >= 0.3 is 0 Å². The number of fused-ring (bicyclic) bond motifs is 1.